The molecule has 0 radical (unpaired) electrons. The van der Waals surface area contributed by atoms with Crippen LogP contribution in [0, 0.1) is 0 Å². The number of anilines is 2. The smallest absolute Gasteiger partial charge is 0.224 e. The molecule has 0 spiro atoms. The maximum absolute atomic E-state index is 6.08. The number of halogens is 1. The molecule has 0 amide bonds. The zero-order chi connectivity index (χ0) is 13.7. The van der Waals surface area contributed by atoms with E-state index in [-0.39, 0.29) is 6.04 Å². The summed E-state index contributed by atoms with van der Waals surface area (Å²) in [5, 5.41) is 11.0. The van der Waals surface area contributed by atoms with E-state index in [1.165, 1.54) is 0 Å². The van der Waals surface area contributed by atoms with Crippen molar-refractivity contribution in [1.82, 2.24) is 19.7 Å². The normalized spacial score (nSPS) is 12.2. The number of rotatable bonds is 6. The Hall–Kier alpha value is -1.82. The van der Waals surface area contributed by atoms with Crippen LogP contribution in [0.15, 0.2) is 24.7 Å². The van der Waals surface area contributed by atoms with Crippen molar-refractivity contribution >= 4 is 23.4 Å². The molecule has 2 N–H and O–H groups in total. The second-order valence-electron chi connectivity index (χ2n) is 4.19. The summed E-state index contributed by atoms with van der Waals surface area (Å²) >= 11 is 6.08. The summed E-state index contributed by atoms with van der Waals surface area (Å²) in [5.41, 5.74) is 0. The highest BCUT2D eigenvalue weighted by Crippen LogP contribution is 2.20. The maximum atomic E-state index is 6.08. The van der Waals surface area contributed by atoms with Crippen LogP contribution in [-0.2, 0) is 6.54 Å². The lowest BCUT2D eigenvalue weighted by atomic mass is 10.3. The van der Waals surface area contributed by atoms with Crippen LogP contribution in [0.5, 0.6) is 0 Å². The van der Waals surface area contributed by atoms with E-state index in [4.69, 9.17) is 11.6 Å². The molecular weight excluding hydrogens is 264 g/mol. The summed E-state index contributed by atoms with van der Waals surface area (Å²) in [6, 6.07) is 2.05. The van der Waals surface area contributed by atoms with E-state index in [1.54, 1.807) is 12.4 Å². The molecule has 0 saturated heterocycles. The van der Waals surface area contributed by atoms with E-state index in [0.29, 0.717) is 16.8 Å². The summed E-state index contributed by atoms with van der Waals surface area (Å²) in [5.74, 6) is 1.20. The van der Waals surface area contributed by atoms with Gasteiger partial charge in [0.25, 0.3) is 0 Å². The molecule has 0 aliphatic carbocycles. The van der Waals surface area contributed by atoms with Crippen molar-refractivity contribution in [1.29, 1.82) is 0 Å². The number of nitrogens with zero attached hydrogens (tertiary/aromatic N) is 4. The molecule has 19 heavy (non-hydrogen) atoms. The minimum Gasteiger partial charge on any atom is -0.364 e. The van der Waals surface area contributed by atoms with Gasteiger partial charge < -0.3 is 10.6 Å². The van der Waals surface area contributed by atoms with Gasteiger partial charge in [-0.3, -0.25) is 4.68 Å². The van der Waals surface area contributed by atoms with Gasteiger partial charge >= 0.3 is 0 Å². The first kappa shape index (κ1) is 13.6. The van der Waals surface area contributed by atoms with Gasteiger partial charge in [0.15, 0.2) is 5.82 Å². The van der Waals surface area contributed by atoms with Gasteiger partial charge in [0, 0.05) is 25.0 Å². The number of nitrogens with one attached hydrogen (secondary N) is 2. The fraction of sp³-hybridized carbons (Fsp3) is 0.417. The van der Waals surface area contributed by atoms with Crippen molar-refractivity contribution < 1.29 is 0 Å². The van der Waals surface area contributed by atoms with E-state index in [2.05, 4.69) is 25.7 Å². The fourth-order valence-corrected chi connectivity index (χ4v) is 1.83. The van der Waals surface area contributed by atoms with Gasteiger partial charge in [0.05, 0.1) is 12.7 Å². The first-order valence-corrected chi connectivity index (χ1v) is 6.57. The van der Waals surface area contributed by atoms with Crippen LogP contribution < -0.4 is 10.6 Å². The zero-order valence-electron chi connectivity index (χ0n) is 11.0. The highest BCUT2D eigenvalue weighted by Gasteiger charge is 2.09. The van der Waals surface area contributed by atoms with Crippen molar-refractivity contribution in [2.75, 3.05) is 17.2 Å². The monoisotopic (exact) mass is 280 g/mol. The van der Waals surface area contributed by atoms with Crippen LogP contribution in [0.1, 0.15) is 13.8 Å². The first-order chi connectivity index (χ1) is 9.19. The Kier molecular flexibility index (Phi) is 4.57. The van der Waals surface area contributed by atoms with Gasteiger partial charge in [-0.1, -0.05) is 11.6 Å². The minimum absolute atomic E-state index is 0.154. The molecule has 0 fully saturated rings. The molecule has 1 unspecified atom stereocenters. The highest BCUT2D eigenvalue weighted by molar-refractivity contribution is 6.32. The lowest BCUT2D eigenvalue weighted by molar-refractivity contribution is 0.559. The molecule has 0 aliphatic rings. The molecule has 0 bridgehead atoms. The Labute approximate surface area is 117 Å². The minimum atomic E-state index is 0.154. The Morgan fingerprint density at radius 3 is 3.00 bits per heavy atom. The second-order valence-corrected chi connectivity index (χ2v) is 4.60. The molecule has 2 rings (SSSR count). The van der Waals surface area contributed by atoms with Gasteiger partial charge in [-0.2, -0.15) is 10.1 Å². The highest BCUT2D eigenvalue weighted by atomic mass is 35.5. The number of hydrogen-bond acceptors (Lipinski definition) is 5. The summed E-state index contributed by atoms with van der Waals surface area (Å²) < 4.78 is 1.86. The Bertz CT molecular complexity index is 513. The van der Waals surface area contributed by atoms with Crippen molar-refractivity contribution in [3.63, 3.8) is 0 Å². The molecular formula is C12H17ClN6. The Morgan fingerprint density at radius 1 is 1.47 bits per heavy atom. The van der Waals surface area contributed by atoms with Gasteiger partial charge in [0.2, 0.25) is 5.95 Å². The fourth-order valence-electron chi connectivity index (χ4n) is 1.68. The van der Waals surface area contributed by atoms with Crippen LogP contribution in [-0.4, -0.2) is 32.3 Å². The maximum Gasteiger partial charge on any atom is 0.224 e. The van der Waals surface area contributed by atoms with Crippen LogP contribution in [0.3, 0.4) is 0 Å². The average Bonchev–Trinajstić information content (AvgIpc) is 2.86. The standard InChI is InChI=1S/C12H17ClN6/c1-3-14-12-15-7-10(13)11(18-12)17-9(2)8-19-6-4-5-16-19/h4-7,9H,3,8H2,1-2H3,(H2,14,15,17,18). The first-order valence-electron chi connectivity index (χ1n) is 6.19. The Balaban J connectivity index is 2.02. The zero-order valence-corrected chi connectivity index (χ0v) is 11.7. The molecule has 102 valence electrons. The van der Waals surface area contributed by atoms with Crippen LogP contribution >= 0.6 is 11.6 Å². The third kappa shape index (κ3) is 3.82. The topological polar surface area (TPSA) is 67.7 Å². The van der Waals surface area contributed by atoms with E-state index in [9.17, 15) is 0 Å². The Morgan fingerprint density at radius 2 is 2.32 bits per heavy atom. The quantitative estimate of drug-likeness (QED) is 0.849. The third-order valence-corrected chi connectivity index (χ3v) is 2.76. The molecule has 0 saturated carbocycles. The summed E-state index contributed by atoms with van der Waals surface area (Å²) in [6.45, 7) is 5.55. The van der Waals surface area contributed by atoms with Crippen molar-refractivity contribution in [3.05, 3.63) is 29.7 Å². The van der Waals surface area contributed by atoms with Crippen molar-refractivity contribution in [3.8, 4) is 0 Å². The summed E-state index contributed by atoms with van der Waals surface area (Å²) in [7, 11) is 0. The van der Waals surface area contributed by atoms with E-state index in [0.717, 1.165) is 13.1 Å². The summed E-state index contributed by atoms with van der Waals surface area (Å²) in [4.78, 5) is 8.44. The lowest BCUT2D eigenvalue weighted by Gasteiger charge is -2.16. The molecule has 7 heteroatoms. The van der Waals surface area contributed by atoms with Crippen LogP contribution in [0.25, 0.3) is 0 Å². The van der Waals surface area contributed by atoms with Gasteiger partial charge in [-0.15, -0.1) is 0 Å². The van der Waals surface area contributed by atoms with Gasteiger partial charge in [-0.05, 0) is 19.9 Å². The predicted molar refractivity (Wildman–Crippen MR) is 76.5 cm³/mol. The van der Waals surface area contributed by atoms with Crippen LogP contribution in [0.4, 0.5) is 11.8 Å². The SMILES string of the molecule is CCNc1ncc(Cl)c(NC(C)Cn2cccn2)n1. The molecule has 6 nitrogen and oxygen atoms in total. The number of aromatic nitrogens is 4. The largest absolute Gasteiger partial charge is 0.364 e. The molecule has 0 aliphatic heterocycles. The van der Waals surface area contributed by atoms with E-state index in [1.807, 2.05) is 30.8 Å². The molecule has 2 aromatic rings. The number of hydrogen-bond donors (Lipinski definition) is 2. The lowest BCUT2D eigenvalue weighted by Crippen LogP contribution is -2.23. The molecule has 2 aromatic heterocycles. The van der Waals surface area contributed by atoms with Gasteiger partial charge in [0.1, 0.15) is 5.02 Å². The van der Waals surface area contributed by atoms with Gasteiger partial charge in [-0.25, -0.2) is 4.98 Å². The second kappa shape index (κ2) is 6.38. The third-order valence-electron chi connectivity index (χ3n) is 2.48. The summed E-state index contributed by atoms with van der Waals surface area (Å²) in [6.07, 6.45) is 5.27. The molecule has 2 heterocycles. The predicted octanol–water partition coefficient (Wildman–Crippen LogP) is 2.26. The van der Waals surface area contributed by atoms with Crippen molar-refractivity contribution in [2.45, 2.75) is 26.4 Å². The van der Waals surface area contributed by atoms with E-state index < -0.39 is 0 Å². The van der Waals surface area contributed by atoms with Crippen LogP contribution in [0.2, 0.25) is 5.02 Å². The van der Waals surface area contributed by atoms with E-state index >= 15 is 0 Å². The van der Waals surface area contributed by atoms with Crippen molar-refractivity contribution in [2.24, 2.45) is 0 Å². The molecule has 0 aromatic carbocycles. The average molecular weight is 281 g/mol. The molecule has 1 atom stereocenters.